The summed E-state index contributed by atoms with van der Waals surface area (Å²) in [6.07, 6.45) is -3.06. The third-order valence-electron chi connectivity index (χ3n) is 3.36. The highest BCUT2D eigenvalue weighted by Gasteiger charge is 2.44. The first-order valence-electron chi connectivity index (χ1n) is 6.51. The minimum absolute atomic E-state index is 0.0137. The molecular formula is C13H23F3O2. The Hall–Kier alpha value is -0.290. The lowest BCUT2D eigenvalue weighted by molar-refractivity contribution is -0.352. The van der Waals surface area contributed by atoms with Gasteiger partial charge in [0.2, 0.25) is 0 Å². The Morgan fingerprint density at radius 1 is 1.06 bits per heavy atom. The molecule has 18 heavy (non-hydrogen) atoms. The molecule has 0 aromatic carbocycles. The molecule has 0 heterocycles. The first-order valence-corrected chi connectivity index (χ1v) is 6.51. The second-order valence-corrected chi connectivity index (χ2v) is 5.96. The molecule has 0 aliphatic heterocycles. The van der Waals surface area contributed by atoms with Crippen molar-refractivity contribution in [2.75, 3.05) is 6.61 Å². The van der Waals surface area contributed by atoms with Crippen LogP contribution in [0, 0.1) is 11.8 Å². The second kappa shape index (κ2) is 5.78. The van der Waals surface area contributed by atoms with E-state index in [1.807, 2.05) is 27.7 Å². The summed E-state index contributed by atoms with van der Waals surface area (Å²) in [5.41, 5.74) is -0.326. The molecule has 0 spiro atoms. The van der Waals surface area contributed by atoms with Gasteiger partial charge in [0.1, 0.15) is 0 Å². The lowest BCUT2D eigenvalue weighted by atomic mass is 9.99. The van der Waals surface area contributed by atoms with Crippen LogP contribution < -0.4 is 0 Å². The Morgan fingerprint density at radius 3 is 2.06 bits per heavy atom. The molecular weight excluding hydrogens is 245 g/mol. The summed E-state index contributed by atoms with van der Waals surface area (Å²) in [4.78, 5) is 0. The zero-order valence-electron chi connectivity index (χ0n) is 11.5. The molecule has 0 bridgehead atoms. The molecule has 2 nitrogen and oxygen atoms in total. The predicted octanol–water partition coefficient (Wildman–Crippen LogP) is 4.14. The summed E-state index contributed by atoms with van der Waals surface area (Å²) >= 11 is 0. The van der Waals surface area contributed by atoms with E-state index in [-0.39, 0.29) is 17.4 Å². The monoisotopic (exact) mass is 268 g/mol. The van der Waals surface area contributed by atoms with Crippen molar-refractivity contribution in [3.05, 3.63) is 0 Å². The van der Waals surface area contributed by atoms with E-state index >= 15 is 0 Å². The fraction of sp³-hybridized carbons (Fsp3) is 1.00. The smallest absolute Gasteiger partial charge is 0.375 e. The Kier molecular flexibility index (Phi) is 5.06. The summed E-state index contributed by atoms with van der Waals surface area (Å²) in [6.45, 7) is 7.95. The van der Waals surface area contributed by atoms with Crippen molar-refractivity contribution in [2.24, 2.45) is 11.8 Å². The van der Waals surface area contributed by atoms with Gasteiger partial charge in [-0.3, -0.25) is 4.74 Å². The van der Waals surface area contributed by atoms with Gasteiger partial charge >= 0.3 is 6.36 Å². The molecule has 1 saturated carbocycles. The quantitative estimate of drug-likeness (QED) is 0.762. The highest BCUT2D eigenvalue weighted by molar-refractivity contribution is 4.86. The van der Waals surface area contributed by atoms with Gasteiger partial charge in [0.25, 0.3) is 0 Å². The van der Waals surface area contributed by atoms with Crippen LogP contribution >= 0.6 is 0 Å². The van der Waals surface area contributed by atoms with E-state index in [0.29, 0.717) is 13.0 Å². The maximum absolute atomic E-state index is 12.4. The predicted molar refractivity (Wildman–Crippen MR) is 63.1 cm³/mol. The molecule has 0 aromatic rings. The zero-order chi connectivity index (χ0) is 14.0. The highest BCUT2D eigenvalue weighted by Crippen LogP contribution is 2.39. The van der Waals surface area contributed by atoms with Crippen LogP contribution in [0.4, 0.5) is 13.2 Å². The average Bonchev–Trinajstić information content (AvgIpc) is 2.54. The summed E-state index contributed by atoms with van der Waals surface area (Å²) in [5.74, 6) is -0.170. The molecule has 1 aliphatic carbocycles. The molecule has 1 fully saturated rings. The van der Waals surface area contributed by atoms with Crippen LogP contribution in [-0.4, -0.2) is 24.7 Å². The van der Waals surface area contributed by atoms with Gasteiger partial charge in [-0.1, -0.05) is 13.3 Å². The zero-order valence-corrected chi connectivity index (χ0v) is 11.5. The van der Waals surface area contributed by atoms with Crippen molar-refractivity contribution >= 4 is 0 Å². The van der Waals surface area contributed by atoms with Crippen LogP contribution in [0.5, 0.6) is 0 Å². The van der Waals surface area contributed by atoms with Crippen LogP contribution in [-0.2, 0) is 9.47 Å². The van der Waals surface area contributed by atoms with E-state index in [1.165, 1.54) is 0 Å². The first-order chi connectivity index (χ1) is 8.12. The number of halogens is 3. The Bertz CT molecular complexity index is 258. The molecule has 108 valence electrons. The van der Waals surface area contributed by atoms with Gasteiger partial charge in [0.15, 0.2) is 0 Å². The van der Waals surface area contributed by atoms with Crippen molar-refractivity contribution in [2.45, 2.75) is 65.0 Å². The first kappa shape index (κ1) is 15.8. The molecule has 1 aliphatic rings. The van der Waals surface area contributed by atoms with E-state index in [4.69, 9.17) is 4.74 Å². The van der Waals surface area contributed by atoms with Crippen molar-refractivity contribution in [1.82, 2.24) is 0 Å². The van der Waals surface area contributed by atoms with Crippen LogP contribution in [0.3, 0.4) is 0 Å². The Labute approximate surface area is 107 Å². The SMILES string of the molecule is CCC1CCC(COC(C)(C)C)C1OC(F)(F)F. The van der Waals surface area contributed by atoms with Gasteiger partial charge in [-0.25, -0.2) is 0 Å². The van der Waals surface area contributed by atoms with E-state index in [2.05, 4.69) is 4.74 Å². The largest absolute Gasteiger partial charge is 0.522 e. The normalized spacial score (nSPS) is 29.8. The maximum Gasteiger partial charge on any atom is 0.522 e. The van der Waals surface area contributed by atoms with E-state index < -0.39 is 12.5 Å². The second-order valence-electron chi connectivity index (χ2n) is 5.96. The van der Waals surface area contributed by atoms with Crippen LogP contribution in [0.25, 0.3) is 0 Å². The Balaban J connectivity index is 2.60. The fourth-order valence-corrected chi connectivity index (χ4v) is 2.46. The third kappa shape index (κ3) is 5.14. The number of alkyl halides is 3. The topological polar surface area (TPSA) is 18.5 Å². The molecule has 1 rings (SSSR count). The van der Waals surface area contributed by atoms with Crippen LogP contribution in [0.15, 0.2) is 0 Å². The van der Waals surface area contributed by atoms with Gasteiger partial charge in [-0.05, 0) is 39.5 Å². The van der Waals surface area contributed by atoms with E-state index in [1.54, 1.807) is 0 Å². The van der Waals surface area contributed by atoms with Crippen molar-refractivity contribution < 1.29 is 22.6 Å². The fourth-order valence-electron chi connectivity index (χ4n) is 2.46. The van der Waals surface area contributed by atoms with Crippen LogP contribution in [0.1, 0.15) is 47.0 Å². The van der Waals surface area contributed by atoms with Gasteiger partial charge < -0.3 is 4.74 Å². The minimum Gasteiger partial charge on any atom is -0.375 e. The number of hydrogen-bond acceptors (Lipinski definition) is 2. The van der Waals surface area contributed by atoms with Gasteiger partial charge in [0.05, 0.1) is 18.3 Å². The molecule has 3 atom stereocenters. The average molecular weight is 268 g/mol. The van der Waals surface area contributed by atoms with Crippen molar-refractivity contribution in [3.8, 4) is 0 Å². The van der Waals surface area contributed by atoms with Gasteiger partial charge in [0, 0.05) is 5.92 Å². The minimum atomic E-state index is -4.55. The third-order valence-corrected chi connectivity index (χ3v) is 3.36. The van der Waals surface area contributed by atoms with Gasteiger partial charge in [-0.2, -0.15) is 0 Å². The van der Waals surface area contributed by atoms with Crippen molar-refractivity contribution in [3.63, 3.8) is 0 Å². The summed E-state index contributed by atoms with van der Waals surface area (Å²) < 4.78 is 47.1. The summed E-state index contributed by atoms with van der Waals surface area (Å²) in [5, 5.41) is 0. The summed E-state index contributed by atoms with van der Waals surface area (Å²) in [6, 6.07) is 0. The number of ether oxygens (including phenoxy) is 2. The molecule has 0 aromatic heterocycles. The number of rotatable bonds is 4. The highest BCUT2D eigenvalue weighted by atomic mass is 19.4. The lowest BCUT2D eigenvalue weighted by Gasteiger charge is -2.28. The Morgan fingerprint density at radius 2 is 1.61 bits per heavy atom. The molecule has 0 amide bonds. The molecule has 0 N–H and O–H groups in total. The maximum atomic E-state index is 12.4. The molecule has 5 heteroatoms. The van der Waals surface area contributed by atoms with Crippen molar-refractivity contribution in [1.29, 1.82) is 0 Å². The lowest BCUT2D eigenvalue weighted by Crippen LogP contribution is -2.35. The van der Waals surface area contributed by atoms with Gasteiger partial charge in [-0.15, -0.1) is 13.2 Å². The van der Waals surface area contributed by atoms with Crippen LogP contribution in [0.2, 0.25) is 0 Å². The standard InChI is InChI=1S/C13H23F3O2/c1-5-9-6-7-10(8-17-12(2,3)4)11(9)18-13(14,15)16/h9-11H,5-8H2,1-4H3. The number of hydrogen-bond donors (Lipinski definition) is 0. The molecule has 3 unspecified atom stereocenters. The molecule has 0 radical (unpaired) electrons. The van der Waals surface area contributed by atoms with E-state index in [0.717, 1.165) is 12.8 Å². The molecule has 0 saturated heterocycles. The summed E-state index contributed by atoms with van der Waals surface area (Å²) in [7, 11) is 0. The van der Waals surface area contributed by atoms with E-state index in [9.17, 15) is 13.2 Å².